The van der Waals surface area contributed by atoms with Crippen LogP contribution in [-0.2, 0) is 14.3 Å². The lowest BCUT2D eigenvalue weighted by molar-refractivity contribution is -0.144. The van der Waals surface area contributed by atoms with Gasteiger partial charge >= 0.3 is 5.97 Å². The fraction of sp³-hybridized carbons (Fsp3) is 0.344. The average molecular weight is 560 g/mol. The minimum atomic E-state index is -0.913. The summed E-state index contributed by atoms with van der Waals surface area (Å²) < 4.78 is 17.2. The van der Waals surface area contributed by atoms with Crippen molar-refractivity contribution >= 4 is 34.3 Å². The number of ether oxygens (including phenoxy) is 2. The smallest absolute Gasteiger partial charge is 0.337 e. The number of hydrogen-bond donors (Lipinski definition) is 1. The van der Waals surface area contributed by atoms with Crippen molar-refractivity contribution in [2.24, 2.45) is 0 Å². The quantitative estimate of drug-likeness (QED) is 0.366. The maximum absolute atomic E-state index is 13.9. The fourth-order valence-corrected chi connectivity index (χ4v) is 6.46. The van der Waals surface area contributed by atoms with Crippen LogP contribution in [0.3, 0.4) is 0 Å². The molecular formula is C32H30ClNO6. The zero-order valence-corrected chi connectivity index (χ0v) is 23.2. The second-order valence-corrected chi connectivity index (χ2v) is 11.2. The van der Waals surface area contributed by atoms with Crippen LogP contribution < -0.4 is 15.5 Å². The molecule has 1 saturated carbocycles. The van der Waals surface area contributed by atoms with Gasteiger partial charge in [-0.3, -0.25) is 9.59 Å². The number of rotatable bonds is 5. The largest absolute Gasteiger partial charge is 0.497 e. The lowest BCUT2D eigenvalue weighted by Gasteiger charge is -2.36. The van der Waals surface area contributed by atoms with Crippen LogP contribution in [0.5, 0.6) is 5.75 Å². The van der Waals surface area contributed by atoms with Crippen molar-refractivity contribution in [2.45, 2.75) is 63.4 Å². The molecule has 0 radical (unpaired) electrons. The van der Waals surface area contributed by atoms with Gasteiger partial charge in [0.1, 0.15) is 17.4 Å². The molecule has 2 unspecified atom stereocenters. The minimum Gasteiger partial charge on any atom is -0.497 e. The first-order valence-electron chi connectivity index (χ1n) is 13.6. The zero-order valence-electron chi connectivity index (χ0n) is 22.4. The maximum atomic E-state index is 13.9. The van der Waals surface area contributed by atoms with Gasteiger partial charge in [0.2, 0.25) is 0 Å². The Bertz CT molecular complexity index is 1640. The second kappa shape index (κ2) is 10.6. The molecule has 40 heavy (non-hydrogen) atoms. The number of carbonyl (C=O) groups is 2. The molecule has 2 atom stereocenters. The molecule has 2 aromatic carbocycles. The van der Waals surface area contributed by atoms with Gasteiger partial charge in [-0.05, 0) is 80.8 Å². The van der Waals surface area contributed by atoms with Gasteiger partial charge in [-0.25, -0.2) is 4.79 Å². The molecule has 1 N–H and O–H groups in total. The molecule has 8 heteroatoms. The van der Waals surface area contributed by atoms with Gasteiger partial charge in [-0.2, -0.15) is 0 Å². The molecule has 3 aromatic rings. The summed E-state index contributed by atoms with van der Waals surface area (Å²) in [6, 6.07) is 12.5. The van der Waals surface area contributed by atoms with Crippen LogP contribution >= 0.6 is 11.6 Å². The molecule has 2 aliphatic carbocycles. The third-order valence-electron chi connectivity index (χ3n) is 8.26. The first-order valence-corrected chi connectivity index (χ1v) is 14.0. The molecule has 0 saturated heterocycles. The Labute approximate surface area is 236 Å². The van der Waals surface area contributed by atoms with Gasteiger partial charge in [0.15, 0.2) is 11.2 Å². The maximum Gasteiger partial charge on any atom is 0.337 e. The monoisotopic (exact) mass is 559 g/mol. The lowest BCUT2D eigenvalue weighted by atomic mass is 9.72. The van der Waals surface area contributed by atoms with Crippen molar-refractivity contribution in [3.63, 3.8) is 0 Å². The van der Waals surface area contributed by atoms with Gasteiger partial charge in [0, 0.05) is 34.0 Å². The van der Waals surface area contributed by atoms with E-state index in [0.29, 0.717) is 39.4 Å². The Balaban J connectivity index is 1.47. The standard InChI is InChI=1S/C32H30ClNO6/c1-17-28(32(37)40-21-7-3-4-8-21)29(24-16-39-27-11-10-20(33)15-23(27)31(24)36)30-25(34-17)13-19(14-26(30)35)18-6-5-9-22(12-18)38-2/h5-6,9-12,15-16,19,21,29,34H,3-4,7-8,13-14H2,1-2H3. The van der Waals surface area contributed by atoms with Gasteiger partial charge < -0.3 is 19.2 Å². The number of benzene rings is 2. The first kappa shape index (κ1) is 26.4. The average Bonchev–Trinajstić information content (AvgIpc) is 3.45. The third-order valence-corrected chi connectivity index (χ3v) is 8.50. The van der Waals surface area contributed by atoms with Gasteiger partial charge in [0.25, 0.3) is 0 Å². The fourth-order valence-electron chi connectivity index (χ4n) is 6.29. The predicted octanol–water partition coefficient (Wildman–Crippen LogP) is 6.30. The van der Waals surface area contributed by atoms with Crippen LogP contribution in [0.1, 0.15) is 68.4 Å². The Morgan fingerprint density at radius 1 is 1.07 bits per heavy atom. The van der Waals surface area contributed by atoms with Crippen LogP contribution in [0.4, 0.5) is 0 Å². The number of ketones is 1. The number of carbonyl (C=O) groups excluding carboxylic acids is 2. The molecular weight excluding hydrogens is 530 g/mol. The Kier molecular flexibility index (Phi) is 7.00. The third kappa shape index (κ3) is 4.73. The van der Waals surface area contributed by atoms with E-state index in [-0.39, 0.29) is 40.8 Å². The summed E-state index contributed by atoms with van der Waals surface area (Å²) in [5.74, 6) is -0.915. The van der Waals surface area contributed by atoms with Crippen LogP contribution in [0.2, 0.25) is 5.02 Å². The molecule has 1 fully saturated rings. The highest BCUT2D eigenvalue weighted by Crippen LogP contribution is 2.46. The molecule has 0 spiro atoms. The number of Topliss-reactive ketones (excluding diaryl/α,β-unsaturated/α-hetero) is 1. The number of hydrogen-bond acceptors (Lipinski definition) is 7. The minimum absolute atomic E-state index is 0.0823. The Hall–Kier alpha value is -3.84. The number of fused-ring (bicyclic) bond motifs is 1. The number of dihydropyridines is 1. The van der Waals surface area contributed by atoms with E-state index in [4.69, 9.17) is 25.5 Å². The number of esters is 1. The number of allylic oxidation sites excluding steroid dienone is 3. The van der Waals surface area contributed by atoms with Gasteiger partial charge in [0.05, 0.1) is 30.3 Å². The topological polar surface area (TPSA) is 94.8 Å². The van der Waals surface area contributed by atoms with Crippen molar-refractivity contribution in [1.29, 1.82) is 0 Å². The van der Waals surface area contributed by atoms with E-state index in [1.54, 1.807) is 32.2 Å². The van der Waals surface area contributed by atoms with E-state index in [0.717, 1.165) is 37.0 Å². The molecule has 1 aromatic heterocycles. The molecule has 7 nitrogen and oxygen atoms in total. The Morgan fingerprint density at radius 3 is 2.65 bits per heavy atom. The summed E-state index contributed by atoms with van der Waals surface area (Å²) in [6.07, 6.45) is 5.60. The number of halogens is 1. The number of methoxy groups -OCH3 is 1. The lowest BCUT2D eigenvalue weighted by Crippen LogP contribution is -2.38. The van der Waals surface area contributed by atoms with Crippen LogP contribution in [0.25, 0.3) is 11.0 Å². The molecule has 2 heterocycles. The van der Waals surface area contributed by atoms with E-state index in [2.05, 4.69) is 5.32 Å². The summed E-state index contributed by atoms with van der Waals surface area (Å²) in [7, 11) is 1.61. The Morgan fingerprint density at radius 2 is 1.88 bits per heavy atom. The molecule has 3 aliphatic rings. The van der Waals surface area contributed by atoms with E-state index < -0.39 is 11.9 Å². The van der Waals surface area contributed by atoms with Gasteiger partial charge in [-0.15, -0.1) is 0 Å². The SMILES string of the molecule is COc1cccc(C2CC(=O)C3=C(C2)NC(C)=C(C(=O)OC2CCCC2)C3c2coc3ccc(Cl)cc3c2=O)c1. The van der Waals surface area contributed by atoms with Crippen molar-refractivity contribution in [1.82, 2.24) is 5.32 Å². The summed E-state index contributed by atoms with van der Waals surface area (Å²) in [5.41, 5.74) is 3.21. The highest BCUT2D eigenvalue weighted by Gasteiger charge is 2.43. The zero-order chi connectivity index (χ0) is 28.0. The van der Waals surface area contributed by atoms with Crippen molar-refractivity contribution < 1.29 is 23.5 Å². The van der Waals surface area contributed by atoms with Crippen LogP contribution in [-0.4, -0.2) is 25.0 Å². The second-order valence-electron chi connectivity index (χ2n) is 10.8. The normalized spacial score (nSPS) is 21.4. The summed E-state index contributed by atoms with van der Waals surface area (Å²) in [6.45, 7) is 1.79. The predicted molar refractivity (Wildman–Crippen MR) is 151 cm³/mol. The van der Waals surface area contributed by atoms with E-state index in [9.17, 15) is 14.4 Å². The molecule has 206 valence electrons. The van der Waals surface area contributed by atoms with Crippen LogP contribution in [0.15, 0.2) is 80.5 Å². The van der Waals surface area contributed by atoms with Gasteiger partial charge in [-0.1, -0.05) is 23.7 Å². The van der Waals surface area contributed by atoms with Crippen molar-refractivity contribution in [3.8, 4) is 5.75 Å². The molecule has 0 bridgehead atoms. The van der Waals surface area contributed by atoms with E-state index in [1.807, 2.05) is 24.3 Å². The van der Waals surface area contributed by atoms with Crippen molar-refractivity contribution in [3.05, 3.63) is 97.6 Å². The van der Waals surface area contributed by atoms with Crippen molar-refractivity contribution in [2.75, 3.05) is 7.11 Å². The van der Waals surface area contributed by atoms with E-state index >= 15 is 0 Å². The molecule has 6 rings (SSSR count). The summed E-state index contributed by atoms with van der Waals surface area (Å²) in [5, 5.41) is 4.04. The number of nitrogens with one attached hydrogen (secondary N) is 1. The van der Waals surface area contributed by atoms with Crippen LogP contribution in [0, 0.1) is 0 Å². The first-order chi connectivity index (χ1) is 19.3. The highest BCUT2D eigenvalue weighted by molar-refractivity contribution is 6.31. The molecule has 0 amide bonds. The molecule has 1 aliphatic heterocycles. The highest BCUT2D eigenvalue weighted by atomic mass is 35.5. The van der Waals surface area contributed by atoms with E-state index in [1.165, 1.54) is 6.26 Å². The summed E-state index contributed by atoms with van der Waals surface area (Å²) >= 11 is 6.21. The summed E-state index contributed by atoms with van der Waals surface area (Å²) in [4.78, 5) is 41.5.